The van der Waals surface area contributed by atoms with Gasteiger partial charge in [0.15, 0.2) is 0 Å². The van der Waals surface area contributed by atoms with E-state index in [0.717, 1.165) is 17.9 Å². The summed E-state index contributed by atoms with van der Waals surface area (Å²) in [5.74, 6) is 1.00. The number of hydrogen-bond acceptors (Lipinski definition) is 1. The SMILES string of the molecule is CC(C)CC(CO)Cc1ccc(Cl)cc1. The molecule has 0 spiro atoms. The fraction of sp³-hybridized carbons (Fsp3) is 0.538. The van der Waals surface area contributed by atoms with Crippen LogP contribution in [0.2, 0.25) is 5.02 Å². The minimum absolute atomic E-state index is 0.265. The summed E-state index contributed by atoms with van der Waals surface area (Å²) in [5, 5.41) is 10.0. The van der Waals surface area contributed by atoms with E-state index in [1.165, 1.54) is 5.56 Å². The third kappa shape index (κ3) is 4.67. The lowest BCUT2D eigenvalue weighted by molar-refractivity contribution is 0.205. The molecule has 1 unspecified atom stereocenters. The van der Waals surface area contributed by atoms with Crippen molar-refractivity contribution in [2.45, 2.75) is 26.7 Å². The molecule has 0 bridgehead atoms. The van der Waals surface area contributed by atoms with Gasteiger partial charge in [0.25, 0.3) is 0 Å². The van der Waals surface area contributed by atoms with E-state index in [4.69, 9.17) is 11.6 Å². The number of halogens is 1. The third-order valence-electron chi connectivity index (χ3n) is 2.50. The van der Waals surface area contributed by atoms with Crippen molar-refractivity contribution in [3.8, 4) is 0 Å². The van der Waals surface area contributed by atoms with E-state index in [2.05, 4.69) is 13.8 Å². The Morgan fingerprint density at radius 3 is 2.27 bits per heavy atom. The van der Waals surface area contributed by atoms with Crippen LogP contribution in [0, 0.1) is 11.8 Å². The van der Waals surface area contributed by atoms with Crippen molar-refractivity contribution in [3.05, 3.63) is 34.9 Å². The minimum atomic E-state index is 0.265. The lowest BCUT2D eigenvalue weighted by Crippen LogP contribution is -2.12. The first-order chi connectivity index (χ1) is 7.11. The fourth-order valence-electron chi connectivity index (χ4n) is 1.84. The van der Waals surface area contributed by atoms with Crippen molar-refractivity contribution in [1.29, 1.82) is 0 Å². The maximum atomic E-state index is 9.26. The highest BCUT2D eigenvalue weighted by Crippen LogP contribution is 2.18. The molecule has 15 heavy (non-hydrogen) atoms. The quantitative estimate of drug-likeness (QED) is 0.815. The molecule has 0 saturated carbocycles. The number of rotatable bonds is 5. The molecule has 0 fully saturated rings. The number of hydrogen-bond donors (Lipinski definition) is 1. The van der Waals surface area contributed by atoms with Gasteiger partial charge in [-0.2, -0.15) is 0 Å². The molecule has 0 aliphatic heterocycles. The second kappa shape index (κ2) is 6.14. The van der Waals surface area contributed by atoms with Crippen molar-refractivity contribution in [1.82, 2.24) is 0 Å². The van der Waals surface area contributed by atoms with Gasteiger partial charge < -0.3 is 5.11 Å². The molecule has 0 amide bonds. The summed E-state index contributed by atoms with van der Waals surface area (Å²) in [6.07, 6.45) is 2.00. The van der Waals surface area contributed by atoms with Gasteiger partial charge in [-0.15, -0.1) is 0 Å². The molecule has 0 saturated heterocycles. The molecular weight excluding hydrogens is 208 g/mol. The van der Waals surface area contributed by atoms with E-state index >= 15 is 0 Å². The topological polar surface area (TPSA) is 20.2 Å². The minimum Gasteiger partial charge on any atom is -0.396 e. The van der Waals surface area contributed by atoms with E-state index in [0.29, 0.717) is 11.8 Å². The van der Waals surface area contributed by atoms with E-state index in [-0.39, 0.29) is 6.61 Å². The van der Waals surface area contributed by atoms with Gasteiger partial charge in [0.2, 0.25) is 0 Å². The zero-order valence-electron chi connectivity index (χ0n) is 9.41. The summed E-state index contributed by atoms with van der Waals surface area (Å²) in [5.41, 5.74) is 1.25. The Morgan fingerprint density at radius 1 is 1.20 bits per heavy atom. The summed E-state index contributed by atoms with van der Waals surface area (Å²) < 4.78 is 0. The van der Waals surface area contributed by atoms with Gasteiger partial charge in [0.1, 0.15) is 0 Å². The van der Waals surface area contributed by atoms with Crippen LogP contribution in [0.5, 0.6) is 0 Å². The van der Waals surface area contributed by atoms with E-state index < -0.39 is 0 Å². The second-order valence-corrected chi connectivity index (χ2v) is 4.95. The first kappa shape index (κ1) is 12.5. The molecule has 2 heteroatoms. The number of aliphatic hydroxyl groups excluding tert-OH is 1. The van der Waals surface area contributed by atoms with Gasteiger partial charge in [0, 0.05) is 11.6 Å². The molecule has 0 heterocycles. The van der Waals surface area contributed by atoms with Gasteiger partial charge >= 0.3 is 0 Å². The Balaban J connectivity index is 2.54. The average molecular weight is 227 g/mol. The second-order valence-electron chi connectivity index (χ2n) is 4.51. The van der Waals surface area contributed by atoms with Crippen LogP contribution in [-0.2, 0) is 6.42 Å². The van der Waals surface area contributed by atoms with Crippen LogP contribution in [0.3, 0.4) is 0 Å². The lowest BCUT2D eigenvalue weighted by atomic mass is 9.92. The van der Waals surface area contributed by atoms with Crippen LogP contribution < -0.4 is 0 Å². The normalized spacial score (nSPS) is 13.1. The lowest BCUT2D eigenvalue weighted by Gasteiger charge is -2.16. The summed E-state index contributed by atoms with van der Waals surface area (Å²) >= 11 is 5.82. The zero-order chi connectivity index (χ0) is 11.3. The smallest absolute Gasteiger partial charge is 0.0462 e. The van der Waals surface area contributed by atoms with Crippen LogP contribution in [0.4, 0.5) is 0 Å². The molecule has 0 radical (unpaired) electrons. The number of benzene rings is 1. The molecule has 1 aromatic carbocycles. The molecular formula is C13H19ClO. The molecule has 0 aromatic heterocycles. The Hall–Kier alpha value is -0.530. The van der Waals surface area contributed by atoms with Crippen molar-refractivity contribution in [2.75, 3.05) is 6.61 Å². The molecule has 1 nitrogen and oxygen atoms in total. The van der Waals surface area contributed by atoms with Crippen molar-refractivity contribution in [3.63, 3.8) is 0 Å². The molecule has 1 N–H and O–H groups in total. The van der Waals surface area contributed by atoms with Crippen LogP contribution in [0.15, 0.2) is 24.3 Å². The maximum absolute atomic E-state index is 9.26. The molecule has 1 aromatic rings. The van der Waals surface area contributed by atoms with Gasteiger partial charge in [0.05, 0.1) is 0 Å². The fourth-order valence-corrected chi connectivity index (χ4v) is 1.97. The van der Waals surface area contributed by atoms with Crippen molar-refractivity contribution in [2.24, 2.45) is 11.8 Å². The van der Waals surface area contributed by atoms with Crippen LogP contribution in [-0.4, -0.2) is 11.7 Å². The summed E-state index contributed by atoms with van der Waals surface area (Å²) in [6.45, 7) is 4.63. The predicted octanol–water partition coefficient (Wildman–Crippen LogP) is 3.54. The molecule has 0 aliphatic rings. The highest BCUT2D eigenvalue weighted by molar-refractivity contribution is 6.30. The van der Waals surface area contributed by atoms with Crippen LogP contribution in [0.1, 0.15) is 25.8 Å². The zero-order valence-corrected chi connectivity index (χ0v) is 10.2. The van der Waals surface area contributed by atoms with E-state index in [1.54, 1.807) is 0 Å². The van der Waals surface area contributed by atoms with Gasteiger partial charge in [-0.05, 0) is 42.4 Å². The highest BCUT2D eigenvalue weighted by Gasteiger charge is 2.10. The third-order valence-corrected chi connectivity index (χ3v) is 2.75. The Kier molecular flexibility index (Phi) is 5.13. The van der Waals surface area contributed by atoms with Gasteiger partial charge in [-0.1, -0.05) is 37.6 Å². The standard InChI is InChI=1S/C13H19ClO/c1-10(2)7-12(9-15)8-11-3-5-13(14)6-4-11/h3-6,10,12,15H,7-9H2,1-2H3. The molecule has 84 valence electrons. The number of aliphatic hydroxyl groups is 1. The molecule has 0 aliphatic carbocycles. The largest absolute Gasteiger partial charge is 0.396 e. The monoisotopic (exact) mass is 226 g/mol. The highest BCUT2D eigenvalue weighted by atomic mass is 35.5. The van der Waals surface area contributed by atoms with Gasteiger partial charge in [-0.3, -0.25) is 0 Å². The Bertz CT molecular complexity index is 279. The van der Waals surface area contributed by atoms with Crippen molar-refractivity contribution >= 4 is 11.6 Å². The first-order valence-electron chi connectivity index (χ1n) is 5.47. The summed E-state index contributed by atoms with van der Waals surface area (Å²) in [7, 11) is 0. The average Bonchev–Trinajstić information content (AvgIpc) is 2.19. The van der Waals surface area contributed by atoms with Crippen LogP contribution >= 0.6 is 11.6 Å². The first-order valence-corrected chi connectivity index (χ1v) is 5.85. The molecule has 1 rings (SSSR count). The summed E-state index contributed by atoms with van der Waals surface area (Å²) in [4.78, 5) is 0. The van der Waals surface area contributed by atoms with Gasteiger partial charge in [-0.25, -0.2) is 0 Å². The molecule has 1 atom stereocenters. The van der Waals surface area contributed by atoms with E-state index in [1.807, 2.05) is 24.3 Å². The van der Waals surface area contributed by atoms with Crippen molar-refractivity contribution < 1.29 is 5.11 Å². The Labute approximate surface area is 97.1 Å². The maximum Gasteiger partial charge on any atom is 0.0462 e. The summed E-state index contributed by atoms with van der Waals surface area (Å²) in [6, 6.07) is 7.87. The predicted molar refractivity (Wildman–Crippen MR) is 65.2 cm³/mol. The van der Waals surface area contributed by atoms with E-state index in [9.17, 15) is 5.11 Å². The van der Waals surface area contributed by atoms with Crippen LogP contribution in [0.25, 0.3) is 0 Å². The Morgan fingerprint density at radius 2 is 1.80 bits per heavy atom.